The van der Waals surface area contributed by atoms with E-state index in [2.05, 4.69) is 0 Å². The van der Waals surface area contributed by atoms with E-state index in [0.717, 1.165) is 0 Å². The van der Waals surface area contributed by atoms with Crippen LogP contribution in [-0.4, -0.2) is 16.7 Å². The molecule has 0 fully saturated rings. The Morgan fingerprint density at radius 3 is 2.07 bits per heavy atom. The maximum Gasteiger partial charge on any atom is 0.266 e. The molecule has 4 heteroatoms. The summed E-state index contributed by atoms with van der Waals surface area (Å²) in [5.41, 5.74) is 0.155. The number of benzene rings is 1. The third-order valence-electron chi connectivity index (χ3n) is 2.15. The topological polar surface area (TPSA) is 61.2 Å². The summed E-state index contributed by atoms with van der Waals surface area (Å²) in [6, 6.07) is 7.94. The normalized spacial score (nSPS) is 13.7. The fourth-order valence-corrected chi connectivity index (χ4v) is 1.46. The molecule has 0 aromatic heterocycles. The van der Waals surface area contributed by atoms with Crippen molar-refractivity contribution in [3.63, 3.8) is 0 Å². The lowest BCUT2D eigenvalue weighted by atomic mass is 10.1. The van der Waals surface area contributed by atoms with Crippen LogP contribution in [0.1, 0.15) is 20.7 Å². The second kappa shape index (κ2) is 3.07. The summed E-state index contributed by atoms with van der Waals surface area (Å²) in [7, 11) is 0. The first-order chi connectivity index (χ1) is 7.16. The summed E-state index contributed by atoms with van der Waals surface area (Å²) >= 11 is 0. The van der Waals surface area contributed by atoms with E-state index >= 15 is 0 Å². The highest BCUT2D eigenvalue weighted by Crippen LogP contribution is 2.24. The van der Waals surface area contributed by atoms with Gasteiger partial charge in [0.15, 0.2) is 0 Å². The van der Waals surface area contributed by atoms with Crippen molar-refractivity contribution in [3.8, 4) is 6.07 Å². The molecule has 0 unspecified atom stereocenters. The van der Waals surface area contributed by atoms with Crippen molar-refractivity contribution < 1.29 is 9.59 Å². The molecular formula is C11H5N2O2. The Labute approximate surface area is 86.0 Å². The molecule has 2 amide bonds. The molecule has 15 heavy (non-hydrogen) atoms. The Kier molecular flexibility index (Phi) is 1.87. The molecular weight excluding hydrogens is 192 g/mol. The monoisotopic (exact) mass is 197 g/mol. The van der Waals surface area contributed by atoms with Crippen LogP contribution in [0.3, 0.4) is 0 Å². The van der Waals surface area contributed by atoms with Gasteiger partial charge in [0.2, 0.25) is 0 Å². The molecule has 1 heterocycles. The van der Waals surface area contributed by atoms with Crippen molar-refractivity contribution in [2.45, 2.75) is 0 Å². The van der Waals surface area contributed by atoms with Crippen molar-refractivity contribution in [3.05, 3.63) is 47.7 Å². The average molecular weight is 197 g/mol. The number of nitriles is 1. The molecule has 4 nitrogen and oxygen atoms in total. The predicted molar refractivity (Wildman–Crippen MR) is 50.4 cm³/mol. The second-order valence-electron chi connectivity index (χ2n) is 2.99. The van der Waals surface area contributed by atoms with Crippen LogP contribution in [0.4, 0.5) is 0 Å². The molecule has 1 aliphatic rings. The first kappa shape index (κ1) is 9.16. The van der Waals surface area contributed by atoms with Crippen molar-refractivity contribution in [2.75, 3.05) is 0 Å². The molecule has 0 spiro atoms. The zero-order valence-corrected chi connectivity index (χ0v) is 7.60. The molecule has 0 aliphatic carbocycles. The lowest BCUT2D eigenvalue weighted by molar-refractivity contribution is 0.0711. The Bertz CT molecular complexity index is 491. The number of rotatable bonds is 1. The van der Waals surface area contributed by atoms with Crippen molar-refractivity contribution in [2.24, 2.45) is 0 Å². The van der Waals surface area contributed by atoms with Gasteiger partial charge < -0.3 is 0 Å². The Hall–Kier alpha value is -2.41. The van der Waals surface area contributed by atoms with Gasteiger partial charge in [-0.2, -0.15) is 5.26 Å². The zero-order chi connectivity index (χ0) is 11.0. The first-order valence-corrected chi connectivity index (χ1v) is 4.17. The van der Waals surface area contributed by atoms with E-state index in [1.807, 2.05) is 0 Å². The van der Waals surface area contributed by atoms with Crippen molar-refractivity contribution >= 4 is 11.8 Å². The van der Waals surface area contributed by atoms with Crippen molar-refractivity contribution in [1.29, 1.82) is 5.26 Å². The summed E-state index contributed by atoms with van der Waals surface area (Å²) in [4.78, 5) is 24.0. The molecule has 0 atom stereocenters. The number of imide groups is 1. The minimum absolute atomic E-state index is 0.278. The fraction of sp³-hybridized carbons (Fsp3) is 0. The van der Waals surface area contributed by atoms with Gasteiger partial charge in [0.1, 0.15) is 11.8 Å². The minimum Gasteiger partial charge on any atom is -0.268 e. The zero-order valence-electron chi connectivity index (χ0n) is 7.60. The van der Waals surface area contributed by atoms with E-state index in [9.17, 15) is 9.59 Å². The van der Waals surface area contributed by atoms with Gasteiger partial charge in [-0.25, -0.2) is 4.90 Å². The average Bonchev–Trinajstić information content (AvgIpc) is 2.52. The highest BCUT2D eigenvalue weighted by molar-refractivity contribution is 6.22. The fourth-order valence-electron chi connectivity index (χ4n) is 1.46. The van der Waals surface area contributed by atoms with Crippen LogP contribution >= 0.6 is 0 Å². The van der Waals surface area contributed by atoms with Crippen LogP contribution in [-0.2, 0) is 0 Å². The van der Waals surface area contributed by atoms with E-state index in [1.54, 1.807) is 18.2 Å². The van der Waals surface area contributed by atoms with Crippen LogP contribution in [0, 0.1) is 17.9 Å². The van der Waals surface area contributed by atoms with Crippen LogP contribution in [0.25, 0.3) is 0 Å². The van der Waals surface area contributed by atoms with E-state index in [-0.39, 0.29) is 11.1 Å². The third kappa shape index (κ3) is 1.14. The summed E-state index contributed by atoms with van der Waals surface area (Å²) in [5, 5.41) is 8.55. The molecule has 1 aromatic rings. The van der Waals surface area contributed by atoms with Gasteiger partial charge in [0.05, 0.1) is 11.1 Å². The number of carbonyl (C=O) groups excluding carboxylic acids is 2. The maximum atomic E-state index is 11.7. The van der Waals surface area contributed by atoms with Crippen LogP contribution in [0.5, 0.6) is 0 Å². The summed E-state index contributed by atoms with van der Waals surface area (Å²) in [6.45, 7) is 5.28. The number of carbonyl (C=O) groups is 2. The molecule has 0 N–H and O–H groups in total. The Morgan fingerprint density at radius 1 is 1.20 bits per heavy atom. The second-order valence-corrected chi connectivity index (χ2v) is 2.99. The maximum absolute atomic E-state index is 11.7. The molecule has 1 aromatic carbocycles. The molecule has 71 valence electrons. The van der Waals surface area contributed by atoms with E-state index in [0.29, 0.717) is 4.90 Å². The molecule has 0 bridgehead atoms. The van der Waals surface area contributed by atoms with Crippen molar-refractivity contribution in [1.82, 2.24) is 4.90 Å². The third-order valence-corrected chi connectivity index (χ3v) is 2.15. The highest BCUT2D eigenvalue weighted by atomic mass is 16.2. The molecule has 1 radical (unpaired) electrons. The van der Waals surface area contributed by atoms with Crippen LogP contribution in [0.2, 0.25) is 0 Å². The van der Waals surface area contributed by atoms with Crippen LogP contribution in [0.15, 0.2) is 30.0 Å². The number of amides is 2. The summed E-state index contributed by atoms with van der Waals surface area (Å²) in [6.07, 6.45) is 0. The van der Waals surface area contributed by atoms with Gasteiger partial charge in [0, 0.05) is 0 Å². The standard InChI is InChI=1S/C11H5N2O2/c1-7(6-12)13-10(14)8-4-2-3-5-9(8)11(13)15/h1-5H. The van der Waals surface area contributed by atoms with Gasteiger partial charge >= 0.3 is 0 Å². The number of nitrogens with zero attached hydrogens (tertiary/aromatic N) is 2. The van der Waals surface area contributed by atoms with Gasteiger partial charge in [-0.05, 0) is 18.7 Å². The molecule has 0 saturated heterocycles. The van der Waals surface area contributed by atoms with E-state index in [1.165, 1.54) is 12.1 Å². The number of hydrogen-bond donors (Lipinski definition) is 0. The van der Waals surface area contributed by atoms with Gasteiger partial charge in [-0.15, -0.1) is 0 Å². The number of allylic oxidation sites excluding steroid dienone is 1. The molecule has 1 aliphatic heterocycles. The first-order valence-electron chi connectivity index (χ1n) is 4.17. The highest BCUT2D eigenvalue weighted by Gasteiger charge is 2.36. The molecule has 0 saturated carbocycles. The van der Waals surface area contributed by atoms with E-state index in [4.69, 9.17) is 11.8 Å². The largest absolute Gasteiger partial charge is 0.268 e. The Morgan fingerprint density at radius 2 is 1.67 bits per heavy atom. The number of hydrogen-bond acceptors (Lipinski definition) is 3. The van der Waals surface area contributed by atoms with E-state index < -0.39 is 17.5 Å². The lowest BCUT2D eigenvalue weighted by Gasteiger charge is -2.09. The quantitative estimate of drug-likeness (QED) is 0.500. The van der Waals surface area contributed by atoms with Gasteiger partial charge in [0.25, 0.3) is 11.8 Å². The molecule has 2 rings (SSSR count). The van der Waals surface area contributed by atoms with Gasteiger partial charge in [-0.1, -0.05) is 12.1 Å². The minimum atomic E-state index is -0.547. The Balaban J connectivity index is 2.56. The summed E-state index contributed by atoms with van der Waals surface area (Å²) < 4.78 is 0. The van der Waals surface area contributed by atoms with Gasteiger partial charge in [-0.3, -0.25) is 9.59 Å². The predicted octanol–water partition coefficient (Wildman–Crippen LogP) is 1.12. The van der Waals surface area contributed by atoms with Crippen LogP contribution < -0.4 is 0 Å². The number of fused-ring (bicyclic) bond motifs is 1. The lowest BCUT2D eigenvalue weighted by Crippen LogP contribution is -2.27. The smallest absolute Gasteiger partial charge is 0.266 e. The SMILES string of the molecule is [CH]=C(C#N)N1C(=O)c2ccccc2C1=O. The summed E-state index contributed by atoms with van der Waals surface area (Å²) in [5.74, 6) is -1.09.